The van der Waals surface area contributed by atoms with Crippen LogP contribution in [0.25, 0.3) is 0 Å². The zero-order valence-corrected chi connectivity index (χ0v) is 44.4. The molecule has 0 aliphatic carbocycles. The molecule has 0 amide bonds. The quantitative estimate of drug-likeness (QED) is 0.0374. The minimum atomic E-state index is -0.798. The predicted octanol–water partition coefficient (Wildman–Crippen LogP) is 19.6. The van der Waals surface area contributed by atoms with Crippen molar-refractivity contribution in [3.63, 3.8) is 0 Å². The molecule has 5 heteroatoms. The molecule has 0 spiro atoms. The van der Waals surface area contributed by atoms with E-state index in [9.17, 15) is 14.7 Å². The fraction of sp³-hybridized carbons (Fsp3) is 0.774. The van der Waals surface area contributed by atoms with Gasteiger partial charge in [0.2, 0.25) is 0 Å². The highest BCUT2D eigenvalue weighted by Gasteiger charge is 2.16. The molecule has 0 fully saturated rings. The minimum absolute atomic E-state index is 0.0841. The number of hydrogen-bond donors (Lipinski definition) is 1. The van der Waals surface area contributed by atoms with Crippen LogP contribution in [0.3, 0.4) is 0 Å². The molecule has 1 N–H and O–H groups in total. The molecule has 0 aromatic rings. The van der Waals surface area contributed by atoms with E-state index in [0.717, 1.165) is 77.0 Å². The first-order valence-electron chi connectivity index (χ1n) is 29.0. The third-order valence-electron chi connectivity index (χ3n) is 12.8. The molecule has 0 aromatic carbocycles. The smallest absolute Gasteiger partial charge is 0.306 e. The number of carbonyl (C=O) groups is 2. The molecular weight excluding hydrogens is 825 g/mol. The van der Waals surface area contributed by atoms with Gasteiger partial charge in [0.1, 0.15) is 6.61 Å². The highest BCUT2D eigenvalue weighted by Crippen LogP contribution is 2.17. The van der Waals surface area contributed by atoms with Crippen LogP contribution in [0.1, 0.15) is 290 Å². The fourth-order valence-electron chi connectivity index (χ4n) is 8.44. The SMILES string of the molecule is CC/C=C\C/C=C\C/C=C\C/C=C\C/C=C\C/C=C\CCCCC(=O)OC(CO)COC(=O)CCCCCCCCCCCCCCCCCCCCCCCCCCCCCCCCCC. The second kappa shape index (κ2) is 57.7. The first-order chi connectivity index (χ1) is 33.1. The summed E-state index contributed by atoms with van der Waals surface area (Å²) in [6.07, 6.45) is 79.0. The Balaban J connectivity index is 3.48. The third-order valence-corrected chi connectivity index (χ3v) is 12.8. The lowest BCUT2D eigenvalue weighted by atomic mass is 10.0. The average molecular weight is 936 g/mol. The maximum atomic E-state index is 12.3. The van der Waals surface area contributed by atoms with E-state index in [2.05, 4.69) is 86.8 Å². The molecule has 0 saturated carbocycles. The van der Waals surface area contributed by atoms with E-state index < -0.39 is 6.10 Å². The Hall–Kier alpha value is -2.66. The molecule has 0 aromatic heterocycles. The van der Waals surface area contributed by atoms with Gasteiger partial charge in [0.25, 0.3) is 0 Å². The number of ether oxygens (including phenoxy) is 2. The van der Waals surface area contributed by atoms with Crippen molar-refractivity contribution in [1.29, 1.82) is 0 Å². The Morgan fingerprint density at radius 3 is 0.970 bits per heavy atom. The molecule has 0 aliphatic rings. The van der Waals surface area contributed by atoms with E-state index in [1.807, 2.05) is 0 Å². The summed E-state index contributed by atoms with van der Waals surface area (Å²) in [5.74, 6) is -0.634. The topological polar surface area (TPSA) is 72.8 Å². The van der Waals surface area contributed by atoms with Crippen LogP contribution in [0.4, 0.5) is 0 Å². The van der Waals surface area contributed by atoms with E-state index in [0.29, 0.717) is 12.8 Å². The molecule has 0 heterocycles. The molecule has 5 nitrogen and oxygen atoms in total. The van der Waals surface area contributed by atoms with Crippen LogP contribution in [0.2, 0.25) is 0 Å². The van der Waals surface area contributed by atoms with E-state index >= 15 is 0 Å². The number of aliphatic hydroxyl groups is 1. The molecular formula is C62H110O5. The largest absolute Gasteiger partial charge is 0.462 e. The van der Waals surface area contributed by atoms with Crippen LogP contribution in [-0.4, -0.2) is 36.4 Å². The molecule has 0 bridgehead atoms. The summed E-state index contributed by atoms with van der Waals surface area (Å²) in [4.78, 5) is 24.5. The van der Waals surface area contributed by atoms with Gasteiger partial charge in [0.15, 0.2) is 6.10 Å². The molecule has 388 valence electrons. The van der Waals surface area contributed by atoms with Crippen molar-refractivity contribution in [3.05, 3.63) is 72.9 Å². The van der Waals surface area contributed by atoms with Gasteiger partial charge in [-0.2, -0.15) is 0 Å². The maximum absolute atomic E-state index is 12.3. The van der Waals surface area contributed by atoms with Crippen LogP contribution in [0, 0.1) is 0 Å². The van der Waals surface area contributed by atoms with Crippen molar-refractivity contribution in [2.45, 2.75) is 296 Å². The number of carbonyl (C=O) groups excluding carboxylic acids is 2. The first kappa shape index (κ1) is 64.3. The molecule has 0 aliphatic heterocycles. The van der Waals surface area contributed by atoms with Gasteiger partial charge in [0.05, 0.1) is 6.61 Å². The van der Waals surface area contributed by atoms with E-state index in [-0.39, 0.29) is 25.2 Å². The van der Waals surface area contributed by atoms with E-state index in [1.54, 1.807) is 0 Å². The van der Waals surface area contributed by atoms with Gasteiger partial charge in [-0.3, -0.25) is 9.59 Å². The zero-order chi connectivity index (χ0) is 48.5. The normalized spacial score (nSPS) is 12.7. The van der Waals surface area contributed by atoms with Crippen molar-refractivity contribution in [2.24, 2.45) is 0 Å². The Bertz CT molecular complexity index is 1190. The number of unbranched alkanes of at least 4 members (excludes halogenated alkanes) is 33. The van der Waals surface area contributed by atoms with Crippen molar-refractivity contribution >= 4 is 11.9 Å². The summed E-state index contributed by atoms with van der Waals surface area (Å²) >= 11 is 0. The van der Waals surface area contributed by atoms with Crippen molar-refractivity contribution < 1.29 is 24.2 Å². The lowest BCUT2D eigenvalue weighted by Crippen LogP contribution is -2.28. The number of rotatable bonds is 53. The first-order valence-corrected chi connectivity index (χ1v) is 29.0. The molecule has 0 rings (SSSR count). The Labute approximate surface area is 416 Å². The van der Waals surface area contributed by atoms with Crippen LogP contribution in [-0.2, 0) is 19.1 Å². The zero-order valence-electron chi connectivity index (χ0n) is 44.4. The Morgan fingerprint density at radius 1 is 0.358 bits per heavy atom. The summed E-state index contributed by atoms with van der Waals surface area (Å²) in [6.45, 7) is 4.02. The molecule has 0 radical (unpaired) electrons. The standard InChI is InChI=1S/C62H110O5/c1-3-5-7-9-11-13-15-17-19-21-23-25-26-27-28-29-30-31-32-33-34-35-37-38-40-42-44-46-48-50-52-54-56-61(64)66-59-60(58-63)67-62(65)57-55-53-51-49-47-45-43-41-39-36-24-22-20-18-16-14-12-10-8-6-4-2/h6,8,12,14,18,20,24,36,41,43,47,49,60,63H,3-5,7,9-11,13,15-17,19,21-23,25-35,37-40,42,44-46,48,50-59H2,1-2H3/b8-6-,14-12-,20-18-,36-24-,43-41-,49-47-. The predicted molar refractivity (Wildman–Crippen MR) is 293 cm³/mol. The van der Waals surface area contributed by atoms with Crippen LogP contribution >= 0.6 is 0 Å². The molecule has 67 heavy (non-hydrogen) atoms. The van der Waals surface area contributed by atoms with E-state index in [1.165, 1.54) is 186 Å². The molecule has 1 atom stereocenters. The van der Waals surface area contributed by atoms with Gasteiger partial charge in [-0.05, 0) is 64.2 Å². The summed E-state index contributed by atoms with van der Waals surface area (Å²) in [5.41, 5.74) is 0. The highest BCUT2D eigenvalue weighted by atomic mass is 16.6. The lowest BCUT2D eigenvalue weighted by molar-refractivity contribution is -0.161. The lowest BCUT2D eigenvalue weighted by Gasteiger charge is -2.15. The Kier molecular flexibility index (Phi) is 55.4. The maximum Gasteiger partial charge on any atom is 0.306 e. The number of allylic oxidation sites excluding steroid dienone is 12. The van der Waals surface area contributed by atoms with Gasteiger partial charge in [0, 0.05) is 12.8 Å². The average Bonchev–Trinajstić information content (AvgIpc) is 3.33. The van der Waals surface area contributed by atoms with Crippen LogP contribution in [0.15, 0.2) is 72.9 Å². The van der Waals surface area contributed by atoms with Gasteiger partial charge in [-0.1, -0.05) is 286 Å². The Morgan fingerprint density at radius 2 is 0.642 bits per heavy atom. The molecule has 0 saturated heterocycles. The van der Waals surface area contributed by atoms with Gasteiger partial charge < -0.3 is 14.6 Å². The number of hydrogen-bond acceptors (Lipinski definition) is 5. The summed E-state index contributed by atoms with van der Waals surface area (Å²) in [7, 11) is 0. The summed E-state index contributed by atoms with van der Waals surface area (Å²) < 4.78 is 10.7. The third kappa shape index (κ3) is 55.8. The number of esters is 2. The van der Waals surface area contributed by atoms with Gasteiger partial charge in [-0.25, -0.2) is 0 Å². The van der Waals surface area contributed by atoms with E-state index in [4.69, 9.17) is 9.47 Å². The monoisotopic (exact) mass is 935 g/mol. The summed E-state index contributed by atoms with van der Waals surface area (Å²) in [6, 6.07) is 0. The van der Waals surface area contributed by atoms with Gasteiger partial charge >= 0.3 is 11.9 Å². The second-order valence-electron chi connectivity index (χ2n) is 19.3. The van der Waals surface area contributed by atoms with Gasteiger partial charge in [-0.15, -0.1) is 0 Å². The van der Waals surface area contributed by atoms with Crippen molar-refractivity contribution in [1.82, 2.24) is 0 Å². The minimum Gasteiger partial charge on any atom is -0.462 e. The van der Waals surface area contributed by atoms with Crippen LogP contribution < -0.4 is 0 Å². The van der Waals surface area contributed by atoms with Crippen molar-refractivity contribution in [3.8, 4) is 0 Å². The second-order valence-corrected chi connectivity index (χ2v) is 19.3. The van der Waals surface area contributed by atoms with Crippen molar-refractivity contribution in [2.75, 3.05) is 13.2 Å². The fourth-order valence-corrected chi connectivity index (χ4v) is 8.44. The summed E-state index contributed by atoms with van der Waals surface area (Å²) in [5, 5.41) is 9.64. The molecule has 1 unspecified atom stereocenters. The number of aliphatic hydroxyl groups excluding tert-OH is 1. The highest BCUT2D eigenvalue weighted by molar-refractivity contribution is 5.70. The van der Waals surface area contributed by atoms with Crippen LogP contribution in [0.5, 0.6) is 0 Å².